The van der Waals surface area contributed by atoms with Gasteiger partial charge in [0.25, 0.3) is 0 Å². The van der Waals surface area contributed by atoms with Crippen LogP contribution in [-0.2, 0) is 19.4 Å². The van der Waals surface area contributed by atoms with E-state index in [1.807, 2.05) is 0 Å². The molecule has 0 spiro atoms. The van der Waals surface area contributed by atoms with Crippen molar-refractivity contribution in [3.63, 3.8) is 0 Å². The summed E-state index contributed by atoms with van der Waals surface area (Å²) in [5.74, 6) is -1.37. The van der Waals surface area contributed by atoms with E-state index < -0.39 is 33.6 Å². The van der Waals surface area contributed by atoms with Crippen molar-refractivity contribution in [2.24, 2.45) is 0 Å². The third-order valence-electron chi connectivity index (χ3n) is 5.61. The summed E-state index contributed by atoms with van der Waals surface area (Å²) in [6, 6.07) is 15.3. The fourth-order valence-electron chi connectivity index (χ4n) is 3.82. The molecular weight excluding hydrogens is 509 g/mol. The van der Waals surface area contributed by atoms with Gasteiger partial charge < -0.3 is 20.3 Å². The lowest BCUT2D eigenvalue weighted by molar-refractivity contribution is -0.125. The van der Waals surface area contributed by atoms with Gasteiger partial charge in [-0.25, -0.2) is 17.6 Å². The van der Waals surface area contributed by atoms with E-state index in [2.05, 4.69) is 10.6 Å². The lowest BCUT2D eigenvalue weighted by atomic mass is 10.0. The van der Waals surface area contributed by atoms with Crippen LogP contribution in [0.15, 0.2) is 71.6 Å². The molecule has 0 bridgehead atoms. The Morgan fingerprint density at radius 2 is 1.78 bits per heavy atom. The fourth-order valence-corrected chi connectivity index (χ4v) is 4.86. The molecule has 36 heavy (non-hydrogen) atoms. The molecule has 1 aliphatic rings. The summed E-state index contributed by atoms with van der Waals surface area (Å²) in [7, 11) is -3.53. The van der Waals surface area contributed by atoms with Crippen molar-refractivity contribution < 1.29 is 27.1 Å². The highest BCUT2D eigenvalue weighted by Gasteiger charge is 2.33. The molecule has 0 aromatic heterocycles. The number of anilines is 2. The number of urea groups is 1. The predicted molar refractivity (Wildman–Crippen MR) is 135 cm³/mol. The molecule has 1 saturated heterocycles. The molecule has 1 fully saturated rings. The Bertz CT molecular complexity index is 1400. The number of sulfone groups is 1. The highest BCUT2D eigenvalue weighted by molar-refractivity contribution is 7.90. The van der Waals surface area contributed by atoms with Gasteiger partial charge in [-0.1, -0.05) is 35.9 Å². The zero-order valence-electron chi connectivity index (χ0n) is 19.2. The van der Waals surface area contributed by atoms with E-state index in [1.165, 1.54) is 23.1 Å². The molecule has 1 unspecified atom stereocenters. The highest BCUT2D eigenvalue weighted by Crippen LogP contribution is 2.30. The number of nitrogens with zero attached hydrogens (tertiary/aromatic N) is 1. The predicted octanol–water partition coefficient (Wildman–Crippen LogP) is 4.42. The molecule has 0 saturated carbocycles. The van der Waals surface area contributed by atoms with Gasteiger partial charge in [0.15, 0.2) is 9.84 Å². The highest BCUT2D eigenvalue weighted by atomic mass is 35.5. The second kappa shape index (κ2) is 10.7. The first kappa shape index (κ1) is 25.6. The van der Waals surface area contributed by atoms with Crippen molar-refractivity contribution >= 4 is 44.8 Å². The summed E-state index contributed by atoms with van der Waals surface area (Å²) >= 11 is 5.87. The number of morpholine rings is 1. The first-order valence-corrected chi connectivity index (χ1v) is 13.2. The number of ether oxygens (including phenoxy) is 1. The van der Waals surface area contributed by atoms with Crippen LogP contribution in [0.1, 0.15) is 0 Å². The maximum atomic E-state index is 15.0. The Morgan fingerprint density at radius 3 is 2.47 bits per heavy atom. The molecule has 3 amide bonds. The summed E-state index contributed by atoms with van der Waals surface area (Å²) in [6.07, 6.45) is 1.08. The Labute approximate surface area is 212 Å². The zero-order chi connectivity index (χ0) is 25.9. The molecule has 1 atom stereocenters. The molecule has 4 rings (SSSR count). The van der Waals surface area contributed by atoms with Gasteiger partial charge >= 0.3 is 6.03 Å². The maximum absolute atomic E-state index is 15.0. The van der Waals surface area contributed by atoms with Crippen molar-refractivity contribution in [3.8, 4) is 11.1 Å². The van der Waals surface area contributed by atoms with E-state index in [0.29, 0.717) is 21.8 Å². The van der Waals surface area contributed by atoms with Gasteiger partial charge in [0.2, 0.25) is 5.91 Å². The first-order chi connectivity index (χ1) is 17.1. The van der Waals surface area contributed by atoms with Crippen LogP contribution < -0.4 is 10.6 Å². The standard InChI is InChI=1S/C25H23ClFN3O5S/c1-36(33,34)23-5-3-2-4-19(23)16-6-11-21(20(27)14-16)29-24(31)22-15-35-13-12-30(22)25(32)28-18-9-7-17(26)8-10-18/h2-11,14,22H,12-13,15H2,1H3,(H,28,32)(H,29,31). The zero-order valence-corrected chi connectivity index (χ0v) is 20.8. The molecule has 3 aromatic carbocycles. The lowest BCUT2D eigenvalue weighted by Gasteiger charge is -2.34. The quantitative estimate of drug-likeness (QED) is 0.507. The molecular formula is C25H23ClFN3O5S. The van der Waals surface area contributed by atoms with Crippen LogP contribution in [0.3, 0.4) is 0 Å². The third-order valence-corrected chi connectivity index (χ3v) is 7.02. The van der Waals surface area contributed by atoms with Crippen molar-refractivity contribution in [1.29, 1.82) is 0 Å². The van der Waals surface area contributed by atoms with Crippen LogP contribution in [0.25, 0.3) is 11.1 Å². The molecule has 1 aliphatic heterocycles. The Morgan fingerprint density at radius 1 is 1.06 bits per heavy atom. The lowest BCUT2D eigenvalue weighted by Crippen LogP contribution is -2.55. The number of nitrogens with one attached hydrogen (secondary N) is 2. The van der Waals surface area contributed by atoms with Gasteiger partial charge in [-0.3, -0.25) is 4.79 Å². The van der Waals surface area contributed by atoms with Crippen molar-refractivity contribution in [2.75, 3.05) is 36.6 Å². The number of amides is 3. The second-order valence-corrected chi connectivity index (χ2v) is 10.6. The molecule has 1 heterocycles. The largest absolute Gasteiger partial charge is 0.377 e. The summed E-state index contributed by atoms with van der Waals surface area (Å²) in [6.45, 7) is 0.364. The summed E-state index contributed by atoms with van der Waals surface area (Å²) in [4.78, 5) is 27.2. The number of carbonyl (C=O) groups excluding carboxylic acids is 2. The van der Waals surface area contributed by atoms with E-state index in [-0.39, 0.29) is 30.3 Å². The van der Waals surface area contributed by atoms with Gasteiger partial charge in [-0.05, 0) is 48.0 Å². The van der Waals surface area contributed by atoms with Gasteiger partial charge in [-0.15, -0.1) is 0 Å². The minimum absolute atomic E-state index is 0.0543. The SMILES string of the molecule is CS(=O)(=O)c1ccccc1-c1ccc(NC(=O)C2COCCN2C(=O)Nc2ccc(Cl)cc2)c(F)c1. The average molecular weight is 532 g/mol. The number of rotatable bonds is 5. The molecule has 2 N–H and O–H groups in total. The number of halogens is 2. The van der Waals surface area contributed by atoms with Crippen LogP contribution in [0.5, 0.6) is 0 Å². The van der Waals surface area contributed by atoms with Crippen LogP contribution in [0, 0.1) is 5.82 Å². The molecule has 0 radical (unpaired) electrons. The summed E-state index contributed by atoms with van der Waals surface area (Å²) < 4.78 is 44.6. The van der Waals surface area contributed by atoms with Crippen molar-refractivity contribution in [1.82, 2.24) is 4.90 Å². The Kier molecular flexibility index (Phi) is 7.58. The van der Waals surface area contributed by atoms with E-state index in [1.54, 1.807) is 42.5 Å². The third kappa shape index (κ3) is 5.84. The minimum Gasteiger partial charge on any atom is -0.377 e. The van der Waals surface area contributed by atoms with Gasteiger partial charge in [0, 0.05) is 29.1 Å². The number of carbonyl (C=O) groups is 2. The smallest absolute Gasteiger partial charge is 0.322 e. The van der Waals surface area contributed by atoms with Gasteiger partial charge in [0.05, 0.1) is 23.8 Å². The Balaban J connectivity index is 1.51. The number of hydrogen-bond donors (Lipinski definition) is 2. The normalized spacial score (nSPS) is 15.9. The van der Waals surface area contributed by atoms with E-state index in [9.17, 15) is 22.4 Å². The molecule has 11 heteroatoms. The van der Waals surface area contributed by atoms with Crippen molar-refractivity contribution in [3.05, 3.63) is 77.6 Å². The van der Waals surface area contributed by atoms with Gasteiger partial charge in [-0.2, -0.15) is 0 Å². The van der Waals surface area contributed by atoms with E-state index in [4.69, 9.17) is 16.3 Å². The fraction of sp³-hybridized carbons (Fsp3) is 0.200. The van der Waals surface area contributed by atoms with Crippen LogP contribution in [-0.4, -0.2) is 57.3 Å². The summed E-state index contributed by atoms with van der Waals surface area (Å²) in [5, 5.41) is 5.74. The minimum atomic E-state index is -3.53. The molecule has 8 nitrogen and oxygen atoms in total. The van der Waals surface area contributed by atoms with Crippen molar-refractivity contribution in [2.45, 2.75) is 10.9 Å². The molecule has 0 aliphatic carbocycles. The summed E-state index contributed by atoms with van der Waals surface area (Å²) in [5.41, 5.74) is 1.09. The first-order valence-electron chi connectivity index (χ1n) is 10.9. The van der Waals surface area contributed by atoms with E-state index >= 15 is 0 Å². The maximum Gasteiger partial charge on any atom is 0.322 e. The average Bonchev–Trinajstić information content (AvgIpc) is 2.86. The second-order valence-electron chi connectivity index (χ2n) is 8.17. The molecule has 3 aromatic rings. The molecule has 188 valence electrons. The monoisotopic (exact) mass is 531 g/mol. The van der Waals surface area contributed by atoms with Crippen LogP contribution in [0.2, 0.25) is 5.02 Å². The van der Waals surface area contributed by atoms with Crippen LogP contribution in [0.4, 0.5) is 20.6 Å². The van der Waals surface area contributed by atoms with E-state index in [0.717, 1.165) is 12.3 Å². The van der Waals surface area contributed by atoms with Crippen LogP contribution >= 0.6 is 11.6 Å². The Hall–Kier alpha value is -3.47. The number of benzene rings is 3. The number of hydrogen-bond acceptors (Lipinski definition) is 5. The van der Waals surface area contributed by atoms with Gasteiger partial charge in [0.1, 0.15) is 11.9 Å². The topological polar surface area (TPSA) is 105 Å².